The third-order valence-corrected chi connectivity index (χ3v) is 9.08. The summed E-state index contributed by atoms with van der Waals surface area (Å²) in [6.45, 7) is 3.59. The number of aliphatic hydroxyl groups is 2. The highest BCUT2D eigenvalue weighted by atomic mass is 16.6. The number of benzene rings is 5. The molecule has 248 valence electrons. The molecule has 2 N–H and O–H groups in total. The Kier molecular flexibility index (Phi) is 8.54. The number of carbonyl (C=O) groups excluding carboxylic acids is 2. The summed E-state index contributed by atoms with van der Waals surface area (Å²) >= 11 is 0. The first-order valence-corrected chi connectivity index (χ1v) is 16.0. The molecular weight excluding hydrogens is 624 g/mol. The van der Waals surface area contributed by atoms with E-state index in [0.717, 1.165) is 16.8 Å². The fourth-order valence-corrected chi connectivity index (χ4v) is 6.89. The van der Waals surface area contributed by atoms with Crippen LogP contribution in [0.5, 0.6) is 23.0 Å². The molecule has 49 heavy (non-hydrogen) atoms. The van der Waals surface area contributed by atoms with E-state index in [1.807, 2.05) is 54.6 Å². The molecule has 3 atom stereocenters. The highest BCUT2D eigenvalue weighted by Gasteiger charge is 2.62. The Morgan fingerprint density at radius 2 is 1.27 bits per heavy atom. The van der Waals surface area contributed by atoms with Gasteiger partial charge in [0.2, 0.25) is 0 Å². The molecule has 8 rings (SSSR count). The van der Waals surface area contributed by atoms with Gasteiger partial charge in [0.15, 0.2) is 0 Å². The van der Waals surface area contributed by atoms with Gasteiger partial charge in [-0.25, -0.2) is 4.79 Å². The topological polar surface area (TPSA) is 121 Å². The van der Waals surface area contributed by atoms with Crippen molar-refractivity contribution in [1.29, 1.82) is 0 Å². The van der Waals surface area contributed by atoms with Crippen molar-refractivity contribution in [3.8, 4) is 23.0 Å². The second kappa shape index (κ2) is 13.1. The van der Waals surface area contributed by atoms with Gasteiger partial charge in [-0.05, 0) is 58.7 Å². The summed E-state index contributed by atoms with van der Waals surface area (Å²) in [5, 5.41) is 26.3. The summed E-state index contributed by atoms with van der Waals surface area (Å²) in [5.74, 6) is 0.0873. The van der Waals surface area contributed by atoms with Crippen LogP contribution in [0.1, 0.15) is 28.7 Å². The lowest BCUT2D eigenvalue weighted by molar-refractivity contribution is -0.167. The van der Waals surface area contributed by atoms with Crippen LogP contribution in [0.25, 0.3) is 10.8 Å². The number of hydrogen-bond acceptors (Lipinski definition) is 9. The van der Waals surface area contributed by atoms with Crippen molar-refractivity contribution in [2.24, 2.45) is 5.92 Å². The minimum absolute atomic E-state index is 0.0518. The lowest BCUT2D eigenvalue weighted by Gasteiger charge is -2.53. The third kappa shape index (κ3) is 5.77. The van der Waals surface area contributed by atoms with E-state index in [2.05, 4.69) is 6.58 Å². The van der Waals surface area contributed by atoms with Gasteiger partial charge >= 0.3 is 11.9 Å². The summed E-state index contributed by atoms with van der Waals surface area (Å²) in [6, 6.07) is 32.6. The molecule has 0 radical (unpaired) electrons. The Balaban J connectivity index is 1.05. The molecule has 5 aromatic rings. The Morgan fingerprint density at radius 3 is 1.94 bits per heavy atom. The average molecular weight is 659 g/mol. The van der Waals surface area contributed by atoms with Crippen molar-refractivity contribution in [3.05, 3.63) is 144 Å². The smallest absolute Gasteiger partial charge is 0.330 e. The number of esters is 2. The standard InChI is InChI=1S/C40H34O9/c1-2-37(41)47-22-20-45-35-18-19-36(29-13-7-6-12-28(29)35)46-21-23-48-38(42)34-25-39(43)30-14-8-9-15-31(30)40(34,44)32-17-16-27(24-33(32)39)49-26-10-4-3-5-11-26/h2-19,24,34,43-44H,1,20-23,25H2. The lowest BCUT2D eigenvalue weighted by atomic mass is 9.54. The Bertz CT molecular complexity index is 2040. The minimum Gasteiger partial charge on any atom is -0.489 e. The second-order valence-corrected chi connectivity index (χ2v) is 11.9. The maximum absolute atomic E-state index is 13.7. The zero-order chi connectivity index (χ0) is 34.0. The molecule has 9 heteroatoms. The molecule has 0 fully saturated rings. The number of hydrogen-bond donors (Lipinski definition) is 2. The van der Waals surface area contributed by atoms with E-state index in [0.29, 0.717) is 45.3 Å². The van der Waals surface area contributed by atoms with Crippen LogP contribution in [0.15, 0.2) is 122 Å². The van der Waals surface area contributed by atoms with Crippen molar-refractivity contribution in [1.82, 2.24) is 0 Å². The number of fused-ring (bicyclic) bond motifs is 2. The highest BCUT2D eigenvalue weighted by molar-refractivity contribution is 5.93. The van der Waals surface area contributed by atoms with Crippen LogP contribution in [0.4, 0.5) is 0 Å². The molecule has 5 aromatic carbocycles. The third-order valence-electron chi connectivity index (χ3n) is 9.08. The molecule has 0 spiro atoms. The van der Waals surface area contributed by atoms with E-state index in [1.54, 1.807) is 54.6 Å². The molecule has 2 bridgehead atoms. The molecule has 0 amide bonds. The molecule has 3 aliphatic rings. The van der Waals surface area contributed by atoms with Crippen LogP contribution in [0.3, 0.4) is 0 Å². The second-order valence-electron chi connectivity index (χ2n) is 11.9. The quantitative estimate of drug-likeness (QED) is 0.0922. The van der Waals surface area contributed by atoms with E-state index in [1.165, 1.54) is 0 Å². The lowest BCUT2D eigenvalue weighted by Crippen LogP contribution is -2.57. The van der Waals surface area contributed by atoms with Crippen molar-refractivity contribution in [2.75, 3.05) is 26.4 Å². The molecule has 0 saturated carbocycles. The maximum Gasteiger partial charge on any atom is 0.330 e. The monoisotopic (exact) mass is 658 g/mol. The summed E-state index contributed by atoms with van der Waals surface area (Å²) in [7, 11) is 0. The zero-order valence-electron chi connectivity index (χ0n) is 26.5. The summed E-state index contributed by atoms with van der Waals surface area (Å²) in [5.41, 5.74) is -1.33. The van der Waals surface area contributed by atoms with Crippen LogP contribution in [-0.4, -0.2) is 48.6 Å². The van der Waals surface area contributed by atoms with Crippen LogP contribution >= 0.6 is 0 Å². The fraction of sp³-hybridized carbons (Fsp3) is 0.200. The van der Waals surface area contributed by atoms with Crippen LogP contribution < -0.4 is 14.2 Å². The zero-order valence-corrected chi connectivity index (χ0v) is 26.5. The molecule has 9 nitrogen and oxygen atoms in total. The van der Waals surface area contributed by atoms with E-state index >= 15 is 0 Å². The van der Waals surface area contributed by atoms with Gasteiger partial charge in [0.1, 0.15) is 60.6 Å². The van der Waals surface area contributed by atoms with Gasteiger partial charge in [-0.3, -0.25) is 4.79 Å². The van der Waals surface area contributed by atoms with E-state index < -0.39 is 29.1 Å². The first kappa shape index (κ1) is 31.9. The predicted octanol–water partition coefficient (Wildman–Crippen LogP) is 6.17. The summed E-state index contributed by atoms with van der Waals surface area (Å²) < 4.78 is 28.6. The molecule has 0 aromatic heterocycles. The molecule has 0 heterocycles. The average Bonchev–Trinajstić information content (AvgIpc) is 3.13. The van der Waals surface area contributed by atoms with E-state index in [-0.39, 0.29) is 32.8 Å². The van der Waals surface area contributed by atoms with Crippen LogP contribution in [0, 0.1) is 5.92 Å². The van der Waals surface area contributed by atoms with Gasteiger partial charge in [-0.1, -0.05) is 79.4 Å². The van der Waals surface area contributed by atoms with Gasteiger partial charge in [0.25, 0.3) is 0 Å². The van der Waals surface area contributed by atoms with Crippen molar-refractivity contribution in [3.63, 3.8) is 0 Å². The molecule has 0 saturated heterocycles. The number of ether oxygens (including phenoxy) is 5. The van der Waals surface area contributed by atoms with Gasteiger partial charge in [0.05, 0.1) is 5.92 Å². The van der Waals surface area contributed by atoms with Crippen LogP contribution in [0.2, 0.25) is 0 Å². The first-order chi connectivity index (χ1) is 23.8. The highest BCUT2D eigenvalue weighted by Crippen LogP contribution is 2.60. The molecule has 3 aliphatic carbocycles. The van der Waals surface area contributed by atoms with E-state index in [9.17, 15) is 19.8 Å². The van der Waals surface area contributed by atoms with Gasteiger partial charge < -0.3 is 33.9 Å². The number of rotatable bonds is 12. The van der Waals surface area contributed by atoms with Gasteiger partial charge in [-0.2, -0.15) is 0 Å². The van der Waals surface area contributed by atoms with Crippen molar-refractivity contribution < 1.29 is 43.5 Å². The Hall–Kier alpha value is -5.64. The molecule has 3 unspecified atom stereocenters. The van der Waals surface area contributed by atoms with Crippen molar-refractivity contribution >= 4 is 22.7 Å². The normalized spacial score (nSPS) is 20.1. The predicted molar refractivity (Wildman–Crippen MR) is 181 cm³/mol. The molecular formula is C40H34O9. The van der Waals surface area contributed by atoms with Crippen LogP contribution in [-0.2, 0) is 30.3 Å². The van der Waals surface area contributed by atoms with Gasteiger partial charge in [0, 0.05) is 23.3 Å². The SMILES string of the molecule is C=CC(=O)OCCOc1ccc(OCCOC(=O)C2CC3(O)c4ccccc4C2(O)c2ccc(Oc4ccccc4)cc23)c2ccccc12. The first-order valence-electron chi connectivity index (χ1n) is 16.0. The molecule has 0 aliphatic heterocycles. The van der Waals surface area contributed by atoms with E-state index in [4.69, 9.17) is 23.7 Å². The number of carbonyl (C=O) groups is 2. The number of para-hydroxylation sites is 1. The fourth-order valence-electron chi connectivity index (χ4n) is 6.89. The Morgan fingerprint density at radius 1 is 0.673 bits per heavy atom. The van der Waals surface area contributed by atoms with Gasteiger partial charge in [-0.15, -0.1) is 0 Å². The maximum atomic E-state index is 13.7. The summed E-state index contributed by atoms with van der Waals surface area (Å²) in [6.07, 6.45) is 1.03. The minimum atomic E-state index is -1.73. The summed E-state index contributed by atoms with van der Waals surface area (Å²) in [4.78, 5) is 25.0. The largest absolute Gasteiger partial charge is 0.489 e. The van der Waals surface area contributed by atoms with Crippen molar-refractivity contribution in [2.45, 2.75) is 17.6 Å². The Labute approximate surface area is 282 Å².